The van der Waals surface area contributed by atoms with Crippen molar-refractivity contribution in [3.8, 4) is 5.75 Å². The van der Waals surface area contributed by atoms with Gasteiger partial charge in [0.1, 0.15) is 5.75 Å². The van der Waals surface area contributed by atoms with Gasteiger partial charge in [0.15, 0.2) is 5.96 Å². The number of anilines is 1. The standard InChI is InChI=1S/C22H39N5O/c1-5-23-22(24-13-8-9-14-25(6-2)7-3)27-17-15-26(16-18-27)20-11-10-12-21(19-20)28-4/h10-12,19H,5-9,13-18H2,1-4H3,(H,23,24). The molecule has 1 N–H and O–H groups in total. The maximum atomic E-state index is 5.36. The lowest BCUT2D eigenvalue weighted by Gasteiger charge is -2.37. The predicted molar refractivity (Wildman–Crippen MR) is 120 cm³/mol. The van der Waals surface area contributed by atoms with Crippen LogP contribution in [-0.2, 0) is 0 Å². The summed E-state index contributed by atoms with van der Waals surface area (Å²) in [6.07, 6.45) is 2.36. The van der Waals surface area contributed by atoms with E-state index in [0.717, 1.165) is 70.5 Å². The lowest BCUT2D eigenvalue weighted by atomic mass is 10.2. The third kappa shape index (κ3) is 6.89. The Labute approximate surface area is 171 Å². The van der Waals surface area contributed by atoms with Crippen molar-refractivity contribution in [2.45, 2.75) is 33.6 Å². The SMILES string of the molecule is CCNC(=NCCCCN(CC)CC)N1CCN(c2cccc(OC)c2)CC1. The Morgan fingerprint density at radius 3 is 2.50 bits per heavy atom. The average molecular weight is 390 g/mol. The van der Waals surface area contributed by atoms with Gasteiger partial charge in [-0.1, -0.05) is 19.9 Å². The van der Waals surface area contributed by atoms with Crippen LogP contribution in [-0.4, -0.2) is 81.8 Å². The minimum Gasteiger partial charge on any atom is -0.497 e. The second-order valence-electron chi connectivity index (χ2n) is 7.15. The molecule has 0 aliphatic carbocycles. The molecule has 0 amide bonds. The predicted octanol–water partition coefficient (Wildman–Crippen LogP) is 2.90. The van der Waals surface area contributed by atoms with Crippen molar-refractivity contribution in [3.05, 3.63) is 24.3 Å². The molecule has 2 rings (SSSR count). The van der Waals surface area contributed by atoms with Gasteiger partial charge in [-0.2, -0.15) is 0 Å². The summed E-state index contributed by atoms with van der Waals surface area (Å²) in [6.45, 7) is 15.9. The first-order valence-corrected chi connectivity index (χ1v) is 10.9. The number of ether oxygens (including phenoxy) is 1. The lowest BCUT2D eigenvalue weighted by Crippen LogP contribution is -2.52. The van der Waals surface area contributed by atoms with Gasteiger partial charge in [-0.25, -0.2) is 0 Å². The van der Waals surface area contributed by atoms with Crippen molar-refractivity contribution < 1.29 is 4.74 Å². The molecular weight excluding hydrogens is 350 g/mol. The van der Waals surface area contributed by atoms with E-state index in [4.69, 9.17) is 9.73 Å². The van der Waals surface area contributed by atoms with E-state index in [1.807, 2.05) is 6.07 Å². The average Bonchev–Trinajstić information content (AvgIpc) is 2.75. The van der Waals surface area contributed by atoms with E-state index in [9.17, 15) is 0 Å². The molecule has 158 valence electrons. The maximum absolute atomic E-state index is 5.36. The summed E-state index contributed by atoms with van der Waals surface area (Å²) in [6, 6.07) is 8.33. The monoisotopic (exact) mass is 389 g/mol. The molecule has 1 aromatic rings. The highest BCUT2D eigenvalue weighted by Crippen LogP contribution is 2.22. The van der Waals surface area contributed by atoms with E-state index in [-0.39, 0.29) is 0 Å². The molecule has 1 aromatic carbocycles. The molecule has 0 spiro atoms. The summed E-state index contributed by atoms with van der Waals surface area (Å²) in [7, 11) is 1.72. The fourth-order valence-corrected chi connectivity index (χ4v) is 3.58. The van der Waals surface area contributed by atoms with Gasteiger partial charge in [0, 0.05) is 51.0 Å². The number of hydrogen-bond donors (Lipinski definition) is 1. The number of guanidine groups is 1. The first-order valence-electron chi connectivity index (χ1n) is 10.9. The van der Waals surface area contributed by atoms with Crippen LogP contribution < -0.4 is 15.0 Å². The van der Waals surface area contributed by atoms with Crippen LogP contribution in [0.25, 0.3) is 0 Å². The fourth-order valence-electron chi connectivity index (χ4n) is 3.58. The van der Waals surface area contributed by atoms with Gasteiger partial charge < -0.3 is 24.8 Å². The van der Waals surface area contributed by atoms with Crippen LogP contribution in [0.4, 0.5) is 5.69 Å². The second kappa shape index (κ2) is 12.5. The van der Waals surface area contributed by atoms with Gasteiger partial charge in [-0.05, 0) is 51.5 Å². The van der Waals surface area contributed by atoms with Crippen LogP contribution in [0.5, 0.6) is 5.75 Å². The molecule has 0 unspecified atom stereocenters. The Hall–Kier alpha value is -1.95. The smallest absolute Gasteiger partial charge is 0.194 e. The molecular formula is C22H39N5O. The zero-order valence-corrected chi connectivity index (χ0v) is 18.3. The fraction of sp³-hybridized carbons (Fsp3) is 0.682. The number of piperazine rings is 1. The highest BCUT2D eigenvalue weighted by atomic mass is 16.5. The minimum absolute atomic E-state index is 0.902. The number of unbranched alkanes of at least 4 members (excludes halogenated alkanes) is 1. The van der Waals surface area contributed by atoms with Gasteiger partial charge >= 0.3 is 0 Å². The molecule has 0 saturated carbocycles. The van der Waals surface area contributed by atoms with Gasteiger partial charge in [-0.3, -0.25) is 4.99 Å². The van der Waals surface area contributed by atoms with Gasteiger partial charge in [0.2, 0.25) is 0 Å². The minimum atomic E-state index is 0.902. The molecule has 0 bridgehead atoms. The normalized spacial score (nSPS) is 15.2. The van der Waals surface area contributed by atoms with Crippen LogP contribution in [0.3, 0.4) is 0 Å². The van der Waals surface area contributed by atoms with Crippen molar-refractivity contribution in [1.82, 2.24) is 15.1 Å². The highest BCUT2D eigenvalue weighted by molar-refractivity contribution is 5.80. The number of hydrogen-bond acceptors (Lipinski definition) is 4. The second-order valence-corrected chi connectivity index (χ2v) is 7.15. The molecule has 28 heavy (non-hydrogen) atoms. The first-order chi connectivity index (χ1) is 13.7. The molecule has 1 aliphatic rings. The first kappa shape index (κ1) is 22.3. The van der Waals surface area contributed by atoms with E-state index in [0.29, 0.717) is 0 Å². The van der Waals surface area contributed by atoms with Crippen LogP contribution in [0, 0.1) is 0 Å². The summed E-state index contributed by atoms with van der Waals surface area (Å²) < 4.78 is 5.36. The summed E-state index contributed by atoms with van der Waals surface area (Å²) >= 11 is 0. The lowest BCUT2D eigenvalue weighted by molar-refractivity contribution is 0.297. The zero-order valence-electron chi connectivity index (χ0n) is 18.3. The summed E-state index contributed by atoms with van der Waals surface area (Å²) in [5.74, 6) is 1.98. The van der Waals surface area contributed by atoms with Crippen LogP contribution in [0.2, 0.25) is 0 Å². The number of benzene rings is 1. The van der Waals surface area contributed by atoms with Crippen molar-refractivity contribution in [2.24, 2.45) is 4.99 Å². The third-order valence-corrected chi connectivity index (χ3v) is 5.37. The van der Waals surface area contributed by atoms with Crippen LogP contribution in [0.1, 0.15) is 33.6 Å². The molecule has 1 fully saturated rings. The van der Waals surface area contributed by atoms with Gasteiger partial charge in [0.25, 0.3) is 0 Å². The molecule has 6 heteroatoms. The number of nitrogens with one attached hydrogen (secondary N) is 1. The van der Waals surface area contributed by atoms with Crippen LogP contribution in [0.15, 0.2) is 29.3 Å². The largest absolute Gasteiger partial charge is 0.497 e. The van der Waals surface area contributed by atoms with Crippen molar-refractivity contribution in [3.63, 3.8) is 0 Å². The zero-order chi connectivity index (χ0) is 20.2. The van der Waals surface area contributed by atoms with Crippen LogP contribution >= 0.6 is 0 Å². The quantitative estimate of drug-likeness (QED) is 0.379. The van der Waals surface area contributed by atoms with Crippen molar-refractivity contribution in [1.29, 1.82) is 0 Å². The van der Waals surface area contributed by atoms with E-state index >= 15 is 0 Å². The topological polar surface area (TPSA) is 43.3 Å². The number of aliphatic imine (C=N–C) groups is 1. The van der Waals surface area contributed by atoms with E-state index < -0.39 is 0 Å². The Kier molecular flexibility index (Phi) is 9.97. The summed E-state index contributed by atoms with van der Waals surface area (Å²) in [5.41, 5.74) is 1.23. The highest BCUT2D eigenvalue weighted by Gasteiger charge is 2.20. The molecule has 1 heterocycles. The molecule has 0 radical (unpaired) electrons. The van der Waals surface area contributed by atoms with Gasteiger partial charge in [0.05, 0.1) is 7.11 Å². The Balaban J connectivity index is 1.82. The Morgan fingerprint density at radius 2 is 1.86 bits per heavy atom. The molecule has 0 atom stereocenters. The van der Waals surface area contributed by atoms with E-state index in [1.54, 1.807) is 7.11 Å². The Bertz CT molecular complexity index is 580. The van der Waals surface area contributed by atoms with Crippen molar-refractivity contribution in [2.75, 3.05) is 70.9 Å². The van der Waals surface area contributed by atoms with E-state index in [2.05, 4.69) is 59.0 Å². The summed E-state index contributed by atoms with van der Waals surface area (Å²) in [4.78, 5) is 12.2. The third-order valence-electron chi connectivity index (χ3n) is 5.37. The molecule has 1 aliphatic heterocycles. The molecule has 1 saturated heterocycles. The number of rotatable bonds is 10. The number of nitrogens with zero attached hydrogens (tertiary/aromatic N) is 4. The van der Waals surface area contributed by atoms with Gasteiger partial charge in [-0.15, -0.1) is 0 Å². The number of methoxy groups -OCH3 is 1. The van der Waals surface area contributed by atoms with Crippen molar-refractivity contribution >= 4 is 11.6 Å². The Morgan fingerprint density at radius 1 is 1.11 bits per heavy atom. The molecule has 6 nitrogen and oxygen atoms in total. The maximum Gasteiger partial charge on any atom is 0.194 e. The molecule has 0 aromatic heterocycles. The summed E-state index contributed by atoms with van der Waals surface area (Å²) in [5, 5.41) is 3.47. The van der Waals surface area contributed by atoms with E-state index in [1.165, 1.54) is 18.7 Å².